The first-order chi connectivity index (χ1) is 10.9. The number of hydrogen-bond acceptors (Lipinski definition) is 4. The quantitative estimate of drug-likeness (QED) is 0.879. The Morgan fingerprint density at radius 1 is 1.30 bits per heavy atom. The minimum atomic E-state index is -0.345. The highest BCUT2D eigenvalue weighted by molar-refractivity contribution is 5.88. The summed E-state index contributed by atoms with van der Waals surface area (Å²) in [7, 11) is 0. The van der Waals surface area contributed by atoms with Crippen molar-refractivity contribution in [2.75, 3.05) is 5.32 Å². The molecule has 2 aliphatic rings. The van der Waals surface area contributed by atoms with Gasteiger partial charge in [0.1, 0.15) is 17.9 Å². The van der Waals surface area contributed by atoms with Crippen molar-refractivity contribution in [3.63, 3.8) is 0 Å². The fourth-order valence-electron chi connectivity index (χ4n) is 3.56. The summed E-state index contributed by atoms with van der Waals surface area (Å²) < 4.78 is 15.0. The van der Waals surface area contributed by atoms with Crippen LogP contribution in [0.25, 0.3) is 0 Å². The number of nitrogens with one attached hydrogen (secondary N) is 1. The smallest absolute Gasteiger partial charge is 0.226 e. The summed E-state index contributed by atoms with van der Waals surface area (Å²) in [6, 6.07) is 5.94. The third-order valence-electron chi connectivity index (χ3n) is 4.48. The number of anilines is 1. The Bertz CT molecular complexity index is 806. The Morgan fingerprint density at radius 2 is 2.04 bits per heavy atom. The number of hydrogen-bond donors (Lipinski definition) is 1. The van der Waals surface area contributed by atoms with Gasteiger partial charge in [-0.2, -0.15) is 10.1 Å². The minimum absolute atomic E-state index is 0.162. The summed E-state index contributed by atoms with van der Waals surface area (Å²) >= 11 is 0. The average Bonchev–Trinajstić information content (AvgIpc) is 2.92. The molecular weight excluding hydrogens is 295 g/mol. The lowest BCUT2D eigenvalue weighted by Crippen LogP contribution is -2.42. The van der Waals surface area contributed by atoms with E-state index in [0.29, 0.717) is 12.4 Å². The molecule has 0 amide bonds. The van der Waals surface area contributed by atoms with Crippen LogP contribution in [0.2, 0.25) is 0 Å². The summed E-state index contributed by atoms with van der Waals surface area (Å²) in [5.74, 6) is 0.124. The van der Waals surface area contributed by atoms with Crippen LogP contribution in [0, 0.1) is 17.2 Å². The minimum Gasteiger partial charge on any atom is -0.328 e. The third kappa shape index (κ3) is 2.25. The summed E-state index contributed by atoms with van der Waals surface area (Å²) in [6.07, 6.45) is 4.05. The van der Waals surface area contributed by atoms with Gasteiger partial charge in [0.2, 0.25) is 5.95 Å². The van der Waals surface area contributed by atoms with Gasteiger partial charge in [0.15, 0.2) is 0 Å². The number of nitrogens with zero attached hydrogens (tertiary/aromatic N) is 3. The van der Waals surface area contributed by atoms with Gasteiger partial charge in [-0.3, -0.25) is 4.79 Å². The van der Waals surface area contributed by atoms with Gasteiger partial charge in [0.05, 0.1) is 12.0 Å². The zero-order valence-electron chi connectivity index (χ0n) is 13.0. The van der Waals surface area contributed by atoms with Gasteiger partial charge in [-0.05, 0) is 23.1 Å². The summed E-state index contributed by atoms with van der Waals surface area (Å²) in [4.78, 5) is 17.0. The van der Waals surface area contributed by atoms with Gasteiger partial charge in [-0.15, -0.1) is 0 Å². The van der Waals surface area contributed by atoms with E-state index >= 15 is 0 Å². The maximum Gasteiger partial charge on any atom is 0.226 e. The molecule has 2 unspecified atom stereocenters. The van der Waals surface area contributed by atoms with Gasteiger partial charge < -0.3 is 5.32 Å². The van der Waals surface area contributed by atoms with E-state index in [1.165, 1.54) is 18.5 Å². The van der Waals surface area contributed by atoms with Crippen LogP contribution in [0.15, 0.2) is 42.4 Å². The number of ketones is 1. The SMILES string of the molecule is CC1(C)C=C2Nc3ncnn3C(c3ccc(F)cc3)C2C(=O)C1. The highest BCUT2D eigenvalue weighted by atomic mass is 19.1. The monoisotopic (exact) mass is 312 g/mol. The molecule has 2 aromatic rings. The lowest BCUT2D eigenvalue weighted by atomic mass is 9.72. The van der Waals surface area contributed by atoms with E-state index in [-0.39, 0.29) is 29.0 Å². The first-order valence-electron chi connectivity index (χ1n) is 7.62. The lowest BCUT2D eigenvalue weighted by Gasteiger charge is -2.40. The fourth-order valence-corrected chi connectivity index (χ4v) is 3.56. The van der Waals surface area contributed by atoms with Crippen LogP contribution in [0.3, 0.4) is 0 Å². The Kier molecular flexibility index (Phi) is 2.91. The van der Waals surface area contributed by atoms with Gasteiger partial charge >= 0.3 is 0 Å². The predicted molar refractivity (Wildman–Crippen MR) is 83.2 cm³/mol. The number of carbonyl (C=O) groups is 1. The van der Waals surface area contributed by atoms with Crippen LogP contribution in [0.1, 0.15) is 31.9 Å². The number of halogens is 1. The van der Waals surface area contributed by atoms with Crippen molar-refractivity contribution in [1.29, 1.82) is 0 Å². The van der Waals surface area contributed by atoms with Crippen molar-refractivity contribution < 1.29 is 9.18 Å². The van der Waals surface area contributed by atoms with Crippen molar-refractivity contribution in [1.82, 2.24) is 14.8 Å². The molecule has 2 atom stereocenters. The first-order valence-corrected chi connectivity index (χ1v) is 7.62. The number of carbonyl (C=O) groups excluding carboxylic acids is 1. The summed E-state index contributed by atoms with van der Waals surface area (Å²) in [6.45, 7) is 4.09. The molecular formula is C17H17FN4O. The second-order valence-electron chi connectivity index (χ2n) is 6.86. The third-order valence-corrected chi connectivity index (χ3v) is 4.48. The van der Waals surface area contributed by atoms with Crippen molar-refractivity contribution in [3.8, 4) is 0 Å². The van der Waals surface area contributed by atoms with E-state index in [1.807, 2.05) is 13.8 Å². The van der Waals surface area contributed by atoms with E-state index in [4.69, 9.17) is 0 Å². The van der Waals surface area contributed by atoms with Crippen molar-refractivity contribution >= 4 is 11.7 Å². The summed E-state index contributed by atoms with van der Waals surface area (Å²) in [5.41, 5.74) is 1.52. The second kappa shape index (κ2) is 4.75. The molecule has 0 saturated carbocycles. The van der Waals surface area contributed by atoms with E-state index in [0.717, 1.165) is 11.3 Å². The van der Waals surface area contributed by atoms with Crippen LogP contribution in [0.5, 0.6) is 0 Å². The lowest BCUT2D eigenvalue weighted by molar-refractivity contribution is -0.125. The highest BCUT2D eigenvalue weighted by Gasteiger charge is 2.44. The topological polar surface area (TPSA) is 59.8 Å². The molecule has 1 aromatic heterocycles. The zero-order valence-corrected chi connectivity index (χ0v) is 13.0. The van der Waals surface area contributed by atoms with Crippen LogP contribution in [0.4, 0.5) is 10.3 Å². The van der Waals surface area contributed by atoms with Crippen LogP contribution in [-0.2, 0) is 4.79 Å². The molecule has 6 heteroatoms. The Labute approximate surface area is 133 Å². The molecule has 118 valence electrons. The first kappa shape index (κ1) is 14.1. The second-order valence-corrected chi connectivity index (χ2v) is 6.86. The van der Waals surface area contributed by atoms with E-state index in [9.17, 15) is 9.18 Å². The van der Waals surface area contributed by atoms with Crippen molar-refractivity contribution in [3.05, 3.63) is 53.7 Å². The van der Waals surface area contributed by atoms with Gasteiger partial charge in [-0.25, -0.2) is 9.07 Å². The molecule has 1 aliphatic heterocycles. The number of fused-ring (bicyclic) bond motifs is 2. The molecule has 2 heterocycles. The van der Waals surface area contributed by atoms with Gasteiger partial charge in [0.25, 0.3) is 0 Å². The molecule has 0 radical (unpaired) electrons. The standard InChI is InChI=1S/C17H17FN4O/c1-17(2)7-12-14(13(23)8-17)15(10-3-5-11(18)6-4-10)22-16(21-12)19-9-20-22/h3-7,9,14-15H,8H2,1-2H3,(H,19,20,21). The summed E-state index contributed by atoms with van der Waals surface area (Å²) in [5, 5.41) is 7.50. The highest BCUT2D eigenvalue weighted by Crippen LogP contribution is 2.44. The Hall–Kier alpha value is -2.50. The molecule has 0 bridgehead atoms. The molecule has 0 fully saturated rings. The number of Topliss-reactive ketones (excluding diaryl/α,β-unsaturated/α-hetero) is 1. The number of rotatable bonds is 1. The Morgan fingerprint density at radius 3 is 2.78 bits per heavy atom. The fraction of sp³-hybridized carbons (Fsp3) is 0.353. The average molecular weight is 312 g/mol. The van der Waals surface area contributed by atoms with E-state index in [1.54, 1.807) is 16.8 Å². The van der Waals surface area contributed by atoms with Crippen molar-refractivity contribution in [2.24, 2.45) is 11.3 Å². The molecule has 1 aromatic carbocycles. The molecule has 1 N–H and O–H groups in total. The normalized spacial score (nSPS) is 25.2. The van der Waals surface area contributed by atoms with Gasteiger partial charge in [0, 0.05) is 12.1 Å². The number of aromatic nitrogens is 3. The maximum absolute atomic E-state index is 13.3. The molecule has 0 spiro atoms. The number of allylic oxidation sites excluding steroid dienone is 2. The van der Waals surface area contributed by atoms with Crippen molar-refractivity contribution in [2.45, 2.75) is 26.3 Å². The van der Waals surface area contributed by atoms with Gasteiger partial charge in [-0.1, -0.05) is 32.1 Å². The van der Waals surface area contributed by atoms with E-state index in [2.05, 4.69) is 21.5 Å². The van der Waals surface area contributed by atoms with Crippen LogP contribution in [-0.4, -0.2) is 20.5 Å². The maximum atomic E-state index is 13.3. The number of benzene rings is 1. The zero-order chi connectivity index (χ0) is 16.2. The largest absolute Gasteiger partial charge is 0.328 e. The molecule has 4 rings (SSSR count). The predicted octanol–water partition coefficient (Wildman–Crippen LogP) is 2.93. The van der Waals surface area contributed by atoms with E-state index < -0.39 is 0 Å². The molecule has 23 heavy (non-hydrogen) atoms. The molecule has 1 aliphatic carbocycles. The molecule has 0 saturated heterocycles. The van der Waals surface area contributed by atoms with Crippen LogP contribution >= 0.6 is 0 Å². The van der Waals surface area contributed by atoms with Crippen LogP contribution < -0.4 is 5.32 Å². The Balaban J connectivity index is 1.89. The molecule has 5 nitrogen and oxygen atoms in total.